The minimum Gasteiger partial charge on any atom is -0.451 e. The summed E-state index contributed by atoms with van der Waals surface area (Å²) >= 11 is 0. The van der Waals surface area contributed by atoms with Gasteiger partial charge in [-0.3, -0.25) is 9.35 Å². The minimum atomic E-state index is -5.07. The Bertz CT molecular complexity index is 551. The predicted molar refractivity (Wildman–Crippen MR) is 98.6 cm³/mol. The average molecular weight is 437 g/mol. The number of ether oxygens (including phenoxy) is 1. The fourth-order valence-electron chi connectivity index (χ4n) is 2.74. The summed E-state index contributed by atoms with van der Waals surface area (Å²) in [6.45, 7) is 6.22. The van der Waals surface area contributed by atoms with Gasteiger partial charge in [-0.2, -0.15) is 21.6 Å². The van der Waals surface area contributed by atoms with Gasteiger partial charge in [0.25, 0.3) is 10.1 Å². The molecule has 0 amide bonds. The largest absolute Gasteiger partial charge is 0.451 e. The topological polar surface area (TPSA) is 89.9 Å². The number of hydrogen-bond acceptors (Lipinski definition) is 5. The first-order chi connectivity index (χ1) is 12.2. The number of carbonyl (C=O) groups excluding carboxylic acids is 1. The van der Waals surface area contributed by atoms with Crippen LogP contribution >= 0.6 is 0 Å². The van der Waals surface area contributed by atoms with E-state index in [2.05, 4.69) is 24.8 Å². The normalized spacial score (nSPS) is 15.4. The Morgan fingerprint density at radius 2 is 1.70 bits per heavy atom. The van der Waals surface area contributed by atoms with Crippen molar-refractivity contribution in [1.82, 2.24) is 0 Å². The average Bonchev–Trinajstić information content (AvgIpc) is 2.50. The monoisotopic (exact) mass is 436 g/mol. The van der Waals surface area contributed by atoms with Crippen LogP contribution in [0.5, 0.6) is 0 Å². The maximum Gasteiger partial charge on any atom is 0.426 e. The number of rotatable bonds is 13. The van der Waals surface area contributed by atoms with E-state index < -0.39 is 42.4 Å². The quantitative estimate of drug-likeness (QED) is 0.200. The van der Waals surface area contributed by atoms with Gasteiger partial charge in [0.05, 0.1) is 0 Å². The molecule has 27 heavy (non-hydrogen) atoms. The molecule has 1 N–H and O–H groups in total. The third-order valence-corrected chi connectivity index (χ3v) is 8.92. The molecule has 0 aliphatic heterocycles. The lowest BCUT2D eigenvalue weighted by Crippen LogP contribution is -2.39. The first-order valence-electron chi connectivity index (χ1n) is 8.99. The van der Waals surface area contributed by atoms with Crippen molar-refractivity contribution in [1.29, 1.82) is 0 Å². The van der Waals surface area contributed by atoms with Crippen molar-refractivity contribution in [3.63, 3.8) is 0 Å². The van der Waals surface area contributed by atoms with E-state index in [9.17, 15) is 26.4 Å². The summed E-state index contributed by atoms with van der Waals surface area (Å²) in [6, 6.07) is 0. The highest BCUT2D eigenvalue weighted by Crippen LogP contribution is 2.33. The molecular weight excluding hydrogens is 405 g/mol. The van der Waals surface area contributed by atoms with Gasteiger partial charge in [-0.1, -0.05) is 39.0 Å². The molecule has 11 heteroatoms. The molecule has 162 valence electrons. The van der Waals surface area contributed by atoms with E-state index >= 15 is 0 Å². The Morgan fingerprint density at radius 3 is 2.15 bits per heavy atom. The molecule has 0 aromatic carbocycles. The summed E-state index contributed by atoms with van der Waals surface area (Å²) in [5, 5.41) is 0. The molecular formula is C16H31F3O6SSi. The number of carbonyl (C=O) groups is 1. The van der Waals surface area contributed by atoms with Crippen LogP contribution in [0.2, 0.25) is 18.6 Å². The van der Waals surface area contributed by atoms with Crippen LogP contribution in [0.1, 0.15) is 51.9 Å². The highest BCUT2D eigenvalue weighted by molar-refractivity contribution is 7.85. The third-order valence-electron chi connectivity index (χ3n) is 4.60. The smallest absolute Gasteiger partial charge is 0.426 e. The highest BCUT2D eigenvalue weighted by atomic mass is 32.2. The molecule has 6 nitrogen and oxygen atoms in total. The van der Waals surface area contributed by atoms with Crippen LogP contribution in [0, 0.1) is 0 Å². The van der Waals surface area contributed by atoms with Gasteiger partial charge in [0.1, 0.15) is 5.75 Å². The molecule has 0 saturated heterocycles. The van der Waals surface area contributed by atoms with Crippen molar-refractivity contribution in [2.75, 3.05) is 12.9 Å². The van der Waals surface area contributed by atoms with Gasteiger partial charge in [0, 0.05) is 13.5 Å². The fourth-order valence-corrected chi connectivity index (χ4v) is 5.52. The van der Waals surface area contributed by atoms with Crippen LogP contribution < -0.4 is 0 Å². The molecule has 0 radical (unpaired) electrons. The molecule has 0 spiro atoms. The Balaban J connectivity index is 4.70. The zero-order chi connectivity index (χ0) is 21.3. The summed E-state index contributed by atoms with van der Waals surface area (Å²) in [6.07, 6.45) is -3.14. The molecule has 0 rings (SSSR count). The van der Waals surface area contributed by atoms with Crippen LogP contribution in [-0.2, 0) is 24.1 Å². The lowest BCUT2D eigenvalue weighted by atomic mass is 10.1. The number of alkyl halides is 3. The zero-order valence-corrected chi connectivity index (χ0v) is 18.2. The van der Waals surface area contributed by atoms with Crippen LogP contribution in [0.3, 0.4) is 0 Å². The van der Waals surface area contributed by atoms with E-state index in [0.29, 0.717) is 12.8 Å². The van der Waals surface area contributed by atoms with Crippen molar-refractivity contribution in [2.45, 2.75) is 82.8 Å². The number of halogens is 3. The van der Waals surface area contributed by atoms with Gasteiger partial charge in [-0.25, -0.2) is 0 Å². The molecule has 0 aliphatic rings. The molecule has 2 unspecified atom stereocenters. The van der Waals surface area contributed by atoms with Gasteiger partial charge in [0.2, 0.25) is 6.10 Å². The van der Waals surface area contributed by atoms with E-state index in [1.165, 1.54) is 0 Å². The molecule has 0 fully saturated rings. The standard InChI is InChI=1S/C16H31F3O6SSi/c1-5-6-7-9-13(27(3,4)24-2)10-8-11-15(20)25-14(16(17,18)19)12-26(21,22)23/h13-14H,5-12H2,1-4H3,(H,21,22,23). The number of hydrogen-bond donors (Lipinski definition) is 1. The molecule has 0 aromatic rings. The number of unbranched alkanes of at least 4 members (excludes halogenated alkanes) is 2. The van der Waals surface area contributed by atoms with E-state index in [-0.39, 0.29) is 12.0 Å². The van der Waals surface area contributed by atoms with E-state index in [1.807, 2.05) is 0 Å². The Labute approximate surface area is 160 Å². The van der Waals surface area contributed by atoms with Gasteiger partial charge >= 0.3 is 12.1 Å². The Kier molecular flexibility index (Phi) is 11.1. The van der Waals surface area contributed by atoms with Crippen LogP contribution in [0.25, 0.3) is 0 Å². The lowest BCUT2D eigenvalue weighted by molar-refractivity contribution is -0.215. The Hall–Kier alpha value is -0.653. The summed E-state index contributed by atoms with van der Waals surface area (Å²) in [5.74, 6) is -2.84. The first-order valence-corrected chi connectivity index (χ1v) is 13.6. The lowest BCUT2D eigenvalue weighted by Gasteiger charge is -2.31. The second-order valence-electron chi connectivity index (χ2n) is 7.16. The summed E-state index contributed by atoms with van der Waals surface area (Å²) < 4.78 is 78.2. The zero-order valence-electron chi connectivity index (χ0n) is 16.3. The summed E-state index contributed by atoms with van der Waals surface area (Å²) in [5.41, 5.74) is 0.262. The van der Waals surface area contributed by atoms with E-state index in [0.717, 1.165) is 25.7 Å². The Morgan fingerprint density at radius 1 is 1.15 bits per heavy atom. The van der Waals surface area contributed by atoms with Crippen LogP contribution in [0.4, 0.5) is 13.2 Å². The predicted octanol–water partition coefficient (Wildman–Crippen LogP) is 4.32. The van der Waals surface area contributed by atoms with Gasteiger partial charge in [0.15, 0.2) is 8.32 Å². The first kappa shape index (κ1) is 26.3. The SMILES string of the molecule is CCCCCC(CCCC(=O)OC(CS(=O)(=O)O)C(F)(F)F)[Si](C)(C)OC. The maximum atomic E-state index is 12.8. The second kappa shape index (κ2) is 11.4. The minimum absolute atomic E-state index is 0.253. The summed E-state index contributed by atoms with van der Waals surface area (Å²) in [4.78, 5) is 11.7. The van der Waals surface area contributed by atoms with E-state index in [4.69, 9.17) is 8.98 Å². The van der Waals surface area contributed by atoms with Crippen molar-refractivity contribution >= 4 is 24.4 Å². The van der Waals surface area contributed by atoms with Gasteiger partial charge < -0.3 is 9.16 Å². The summed E-state index contributed by atoms with van der Waals surface area (Å²) in [7, 11) is -5.25. The van der Waals surface area contributed by atoms with Crippen molar-refractivity contribution in [3.8, 4) is 0 Å². The van der Waals surface area contributed by atoms with Crippen LogP contribution in [-0.4, -0.2) is 52.4 Å². The molecule has 0 bridgehead atoms. The number of esters is 1. The molecule has 0 aromatic heterocycles. The van der Waals surface area contributed by atoms with Gasteiger partial charge in [-0.05, 0) is 25.1 Å². The van der Waals surface area contributed by atoms with Crippen molar-refractivity contribution in [2.24, 2.45) is 0 Å². The van der Waals surface area contributed by atoms with E-state index in [1.54, 1.807) is 7.11 Å². The van der Waals surface area contributed by atoms with Crippen molar-refractivity contribution in [3.05, 3.63) is 0 Å². The van der Waals surface area contributed by atoms with Gasteiger partial charge in [-0.15, -0.1) is 0 Å². The highest BCUT2D eigenvalue weighted by Gasteiger charge is 2.45. The molecule has 2 atom stereocenters. The van der Waals surface area contributed by atoms with Crippen molar-refractivity contribution < 1.29 is 40.1 Å². The molecule has 0 heterocycles. The van der Waals surface area contributed by atoms with Crippen LogP contribution in [0.15, 0.2) is 0 Å². The maximum absolute atomic E-state index is 12.8. The third kappa shape index (κ3) is 11.7. The fraction of sp³-hybridized carbons (Fsp3) is 0.938. The molecule has 0 saturated carbocycles. The molecule has 0 aliphatic carbocycles. The second-order valence-corrected chi connectivity index (χ2v) is 13.1.